The number of carbonyl (C=O) groups is 1. The summed E-state index contributed by atoms with van der Waals surface area (Å²) >= 11 is 0. The molecule has 3 atom stereocenters. The SMILES string of the molecule is COc1cc2c(cc1N(C)C1CCCN(C(=O)OC(C)(C)C)C1c1ccccc1)C(C(F)(F)F)CC2. The molecule has 2 aromatic rings. The van der Waals surface area contributed by atoms with Crippen molar-refractivity contribution in [3.05, 3.63) is 59.2 Å². The van der Waals surface area contributed by atoms with Crippen molar-refractivity contribution in [2.75, 3.05) is 25.6 Å². The van der Waals surface area contributed by atoms with Gasteiger partial charge in [0.25, 0.3) is 0 Å². The summed E-state index contributed by atoms with van der Waals surface area (Å²) in [6.07, 6.45) is -2.75. The van der Waals surface area contributed by atoms with Crippen LogP contribution in [0.1, 0.15) is 68.7 Å². The summed E-state index contributed by atoms with van der Waals surface area (Å²) in [4.78, 5) is 17.0. The monoisotopic (exact) mass is 504 g/mol. The number of amides is 1. The van der Waals surface area contributed by atoms with Gasteiger partial charge in [0.1, 0.15) is 11.4 Å². The van der Waals surface area contributed by atoms with Gasteiger partial charge in [-0.25, -0.2) is 4.79 Å². The second kappa shape index (κ2) is 9.87. The normalized spacial score (nSPS) is 22.2. The fourth-order valence-corrected chi connectivity index (χ4v) is 5.54. The van der Waals surface area contributed by atoms with Crippen molar-refractivity contribution < 1.29 is 27.4 Å². The average molecular weight is 505 g/mol. The van der Waals surface area contributed by atoms with Crippen molar-refractivity contribution in [3.63, 3.8) is 0 Å². The van der Waals surface area contributed by atoms with E-state index in [0.717, 1.165) is 18.4 Å². The third-order valence-electron chi connectivity index (χ3n) is 7.16. The highest BCUT2D eigenvalue weighted by atomic mass is 19.4. The Labute approximate surface area is 211 Å². The van der Waals surface area contributed by atoms with E-state index in [1.807, 2.05) is 63.1 Å². The molecule has 0 radical (unpaired) electrons. The van der Waals surface area contributed by atoms with E-state index in [4.69, 9.17) is 9.47 Å². The van der Waals surface area contributed by atoms with Crippen LogP contribution in [0, 0.1) is 0 Å². The van der Waals surface area contributed by atoms with Crippen LogP contribution in [-0.2, 0) is 11.2 Å². The minimum atomic E-state index is -4.29. The molecule has 0 bridgehead atoms. The average Bonchev–Trinajstić information content (AvgIpc) is 3.25. The summed E-state index contributed by atoms with van der Waals surface area (Å²) in [5, 5.41) is 0. The molecule has 0 saturated carbocycles. The highest BCUT2D eigenvalue weighted by molar-refractivity contribution is 5.70. The Morgan fingerprint density at radius 1 is 1.08 bits per heavy atom. The number of piperidine rings is 1. The van der Waals surface area contributed by atoms with Crippen LogP contribution in [0.2, 0.25) is 0 Å². The topological polar surface area (TPSA) is 42.0 Å². The van der Waals surface area contributed by atoms with Crippen molar-refractivity contribution in [3.8, 4) is 5.75 Å². The number of benzene rings is 2. The number of nitrogens with zero attached hydrogens (tertiary/aromatic N) is 2. The second-order valence-corrected chi connectivity index (χ2v) is 10.7. The molecule has 3 unspecified atom stereocenters. The van der Waals surface area contributed by atoms with Crippen molar-refractivity contribution in [2.24, 2.45) is 0 Å². The number of anilines is 1. The standard InChI is InChI=1S/C28H35F3N2O3/c1-27(2,3)36-26(34)33-15-9-12-22(25(33)18-10-7-6-8-11-18)32(4)23-17-20-19(16-24(23)35-5)13-14-21(20)28(29,30)31/h6-8,10-11,16-17,21-22,25H,9,12-15H2,1-5H3. The Hall–Kier alpha value is -2.90. The number of rotatable bonds is 4. The maximum atomic E-state index is 13.8. The van der Waals surface area contributed by atoms with Crippen molar-refractivity contribution in [1.82, 2.24) is 4.90 Å². The van der Waals surface area contributed by atoms with Crippen LogP contribution in [0.4, 0.5) is 23.7 Å². The van der Waals surface area contributed by atoms with E-state index in [-0.39, 0.29) is 18.5 Å². The first-order valence-electron chi connectivity index (χ1n) is 12.5. The van der Waals surface area contributed by atoms with Crippen LogP contribution in [-0.4, -0.2) is 49.5 Å². The van der Waals surface area contributed by atoms with Crippen LogP contribution in [0.15, 0.2) is 42.5 Å². The van der Waals surface area contributed by atoms with E-state index in [9.17, 15) is 18.0 Å². The third kappa shape index (κ3) is 5.27. The molecule has 4 rings (SSSR count). The number of hydrogen-bond donors (Lipinski definition) is 0. The van der Waals surface area contributed by atoms with Crippen molar-refractivity contribution >= 4 is 11.8 Å². The highest BCUT2D eigenvalue weighted by Gasteiger charge is 2.45. The minimum absolute atomic E-state index is 0.0532. The van der Waals surface area contributed by atoms with E-state index in [1.165, 1.54) is 7.11 Å². The van der Waals surface area contributed by atoms with E-state index < -0.39 is 23.8 Å². The van der Waals surface area contributed by atoms with Gasteiger partial charge in [0, 0.05) is 13.6 Å². The van der Waals surface area contributed by atoms with E-state index in [1.54, 1.807) is 17.0 Å². The van der Waals surface area contributed by atoms with Gasteiger partial charge in [-0.2, -0.15) is 13.2 Å². The lowest BCUT2D eigenvalue weighted by atomic mass is 9.89. The Morgan fingerprint density at radius 3 is 2.39 bits per heavy atom. The quantitative estimate of drug-likeness (QED) is 0.456. The van der Waals surface area contributed by atoms with Gasteiger partial charge in [0.05, 0.1) is 30.8 Å². The van der Waals surface area contributed by atoms with Gasteiger partial charge in [0.15, 0.2) is 0 Å². The summed E-state index contributed by atoms with van der Waals surface area (Å²) < 4.78 is 52.7. The number of alkyl halides is 3. The Bertz CT molecular complexity index is 1080. The number of carbonyl (C=O) groups excluding carboxylic acids is 1. The highest BCUT2D eigenvalue weighted by Crippen LogP contribution is 2.48. The van der Waals surface area contributed by atoms with Gasteiger partial charge in [-0.1, -0.05) is 30.3 Å². The number of aryl methyl sites for hydroxylation is 1. The van der Waals surface area contributed by atoms with Crippen LogP contribution in [0.3, 0.4) is 0 Å². The van der Waals surface area contributed by atoms with Gasteiger partial charge in [-0.3, -0.25) is 4.90 Å². The Balaban J connectivity index is 1.75. The number of likely N-dealkylation sites (N-methyl/N-ethyl adjacent to an activating group) is 1. The second-order valence-electron chi connectivity index (χ2n) is 10.7. The van der Waals surface area contributed by atoms with Gasteiger partial charge in [0.2, 0.25) is 0 Å². The molecule has 196 valence electrons. The summed E-state index contributed by atoms with van der Waals surface area (Å²) in [5.74, 6) is -0.930. The Morgan fingerprint density at radius 2 is 1.78 bits per heavy atom. The molecule has 8 heteroatoms. The third-order valence-corrected chi connectivity index (χ3v) is 7.16. The molecule has 1 aliphatic carbocycles. The molecule has 2 aromatic carbocycles. The molecule has 5 nitrogen and oxygen atoms in total. The van der Waals surface area contributed by atoms with Gasteiger partial charge >= 0.3 is 12.3 Å². The largest absolute Gasteiger partial charge is 0.495 e. The first-order valence-corrected chi connectivity index (χ1v) is 12.5. The zero-order valence-corrected chi connectivity index (χ0v) is 21.6. The molecule has 1 fully saturated rings. The maximum absolute atomic E-state index is 13.8. The summed E-state index contributed by atoms with van der Waals surface area (Å²) in [5.41, 5.74) is 1.91. The molecule has 1 aliphatic heterocycles. The number of methoxy groups -OCH3 is 1. The molecule has 36 heavy (non-hydrogen) atoms. The number of hydrogen-bond acceptors (Lipinski definition) is 4. The molecule has 0 N–H and O–H groups in total. The number of likely N-dealkylation sites (tertiary alicyclic amines) is 1. The fourth-order valence-electron chi connectivity index (χ4n) is 5.54. The maximum Gasteiger partial charge on any atom is 0.410 e. The van der Waals surface area contributed by atoms with Gasteiger partial charge in [-0.15, -0.1) is 0 Å². The predicted molar refractivity (Wildman–Crippen MR) is 134 cm³/mol. The lowest BCUT2D eigenvalue weighted by Crippen LogP contribution is -2.52. The Kier molecular flexibility index (Phi) is 7.17. The van der Waals surface area contributed by atoms with Gasteiger partial charge < -0.3 is 14.4 Å². The first-order chi connectivity index (χ1) is 16.9. The summed E-state index contributed by atoms with van der Waals surface area (Å²) in [7, 11) is 3.42. The molecule has 0 aromatic heterocycles. The number of halogens is 3. The molecule has 1 amide bonds. The van der Waals surface area contributed by atoms with Crippen molar-refractivity contribution in [1.29, 1.82) is 0 Å². The zero-order chi connectivity index (χ0) is 26.3. The summed E-state index contributed by atoms with van der Waals surface area (Å²) in [6, 6.07) is 12.6. The number of fused-ring (bicyclic) bond motifs is 1. The van der Waals surface area contributed by atoms with Crippen LogP contribution >= 0.6 is 0 Å². The van der Waals surface area contributed by atoms with E-state index >= 15 is 0 Å². The van der Waals surface area contributed by atoms with E-state index in [0.29, 0.717) is 35.5 Å². The van der Waals surface area contributed by atoms with Crippen LogP contribution in [0.5, 0.6) is 5.75 Å². The van der Waals surface area contributed by atoms with E-state index in [2.05, 4.69) is 0 Å². The predicted octanol–water partition coefficient (Wildman–Crippen LogP) is 6.86. The smallest absolute Gasteiger partial charge is 0.410 e. The van der Waals surface area contributed by atoms with Gasteiger partial charge in [-0.05, 0) is 75.3 Å². The molecule has 2 aliphatic rings. The van der Waals surface area contributed by atoms with Crippen LogP contribution < -0.4 is 9.64 Å². The molecule has 0 spiro atoms. The van der Waals surface area contributed by atoms with Crippen LogP contribution in [0.25, 0.3) is 0 Å². The van der Waals surface area contributed by atoms with Crippen molar-refractivity contribution in [2.45, 2.75) is 76.2 Å². The summed E-state index contributed by atoms with van der Waals surface area (Å²) in [6.45, 7) is 6.05. The number of ether oxygens (including phenoxy) is 2. The lowest BCUT2D eigenvalue weighted by molar-refractivity contribution is -0.149. The first kappa shape index (κ1) is 26.2. The lowest BCUT2D eigenvalue weighted by Gasteiger charge is -2.46. The molecular formula is C28H35F3N2O3. The molecule has 1 heterocycles. The molecular weight excluding hydrogens is 469 g/mol. The minimum Gasteiger partial charge on any atom is -0.495 e. The fraction of sp³-hybridized carbons (Fsp3) is 0.536. The molecule has 1 saturated heterocycles. The zero-order valence-electron chi connectivity index (χ0n) is 21.6.